The topological polar surface area (TPSA) is 73.6 Å². The molecular formula is C22H21ClN2O4. The third kappa shape index (κ3) is 5.39. The summed E-state index contributed by atoms with van der Waals surface area (Å²) in [5.41, 5.74) is 4.00. The summed E-state index contributed by atoms with van der Waals surface area (Å²) in [5.74, 6) is 0.965. The predicted molar refractivity (Wildman–Crippen MR) is 114 cm³/mol. The molecule has 3 rings (SSSR count). The molecule has 0 saturated carbocycles. The quantitative estimate of drug-likeness (QED) is 0.376. The number of non-ortho nitro benzene ring substituents is 1. The Morgan fingerprint density at radius 1 is 1.03 bits per heavy atom. The van der Waals surface area contributed by atoms with Crippen LogP contribution in [0.25, 0.3) is 0 Å². The first-order valence-corrected chi connectivity index (χ1v) is 9.37. The molecule has 0 aliphatic heterocycles. The van der Waals surface area contributed by atoms with Gasteiger partial charge in [-0.1, -0.05) is 29.3 Å². The predicted octanol–water partition coefficient (Wildman–Crippen LogP) is 5.76. The van der Waals surface area contributed by atoms with E-state index in [9.17, 15) is 10.1 Å². The molecule has 0 unspecified atom stereocenters. The van der Waals surface area contributed by atoms with Crippen molar-refractivity contribution in [2.24, 2.45) is 0 Å². The number of benzene rings is 3. The van der Waals surface area contributed by atoms with Crippen LogP contribution in [0.4, 0.5) is 11.4 Å². The number of rotatable bonds is 8. The zero-order valence-corrected chi connectivity index (χ0v) is 16.9. The lowest BCUT2D eigenvalue weighted by Crippen LogP contribution is -2.03. The second-order valence-electron chi connectivity index (χ2n) is 6.54. The van der Waals surface area contributed by atoms with Gasteiger partial charge in [-0.15, -0.1) is 0 Å². The minimum absolute atomic E-state index is 0.0368. The lowest BCUT2D eigenvalue weighted by atomic mass is 10.1. The van der Waals surface area contributed by atoms with Gasteiger partial charge in [0.1, 0.15) is 6.61 Å². The number of nitrogens with one attached hydrogen (secondary N) is 1. The molecular weight excluding hydrogens is 392 g/mol. The Kier molecular flexibility index (Phi) is 6.57. The molecule has 7 heteroatoms. The van der Waals surface area contributed by atoms with Crippen molar-refractivity contribution in [2.45, 2.75) is 20.1 Å². The summed E-state index contributed by atoms with van der Waals surface area (Å²) in [6.45, 7) is 2.85. The third-order valence-corrected chi connectivity index (χ3v) is 4.65. The van der Waals surface area contributed by atoms with Crippen molar-refractivity contribution in [3.05, 3.63) is 92.5 Å². The van der Waals surface area contributed by atoms with E-state index in [0.717, 1.165) is 16.8 Å². The van der Waals surface area contributed by atoms with Gasteiger partial charge in [0.05, 0.1) is 17.1 Å². The normalized spacial score (nSPS) is 10.4. The van der Waals surface area contributed by atoms with Crippen LogP contribution in [0.3, 0.4) is 0 Å². The molecule has 0 heterocycles. The standard InChI is InChI=1S/C22H21ClN2O4/c1-15-3-7-18(8-4-15)24-13-17-11-20(23)22(21(12-17)28-2)29-14-16-5-9-19(10-6-16)25(26)27/h3-12,24H,13-14H2,1-2H3. The van der Waals surface area contributed by atoms with E-state index >= 15 is 0 Å². The molecule has 1 N–H and O–H groups in total. The summed E-state index contributed by atoms with van der Waals surface area (Å²) in [5, 5.41) is 14.5. The highest BCUT2D eigenvalue weighted by Crippen LogP contribution is 2.37. The summed E-state index contributed by atoms with van der Waals surface area (Å²) >= 11 is 6.43. The lowest BCUT2D eigenvalue weighted by Gasteiger charge is -2.15. The highest BCUT2D eigenvalue weighted by atomic mass is 35.5. The summed E-state index contributed by atoms with van der Waals surface area (Å²) in [6, 6.07) is 18.0. The molecule has 0 aliphatic carbocycles. The van der Waals surface area contributed by atoms with E-state index in [-0.39, 0.29) is 12.3 Å². The van der Waals surface area contributed by atoms with E-state index in [4.69, 9.17) is 21.1 Å². The number of nitrogens with zero attached hydrogens (tertiary/aromatic N) is 1. The number of hydrogen-bond acceptors (Lipinski definition) is 5. The van der Waals surface area contributed by atoms with Crippen LogP contribution in [0.1, 0.15) is 16.7 Å². The molecule has 0 bridgehead atoms. The fourth-order valence-corrected chi connectivity index (χ4v) is 3.05. The molecule has 6 nitrogen and oxygen atoms in total. The Balaban J connectivity index is 1.69. The zero-order chi connectivity index (χ0) is 20.8. The first kappa shape index (κ1) is 20.5. The fourth-order valence-electron chi connectivity index (χ4n) is 2.76. The van der Waals surface area contributed by atoms with Gasteiger partial charge in [0.15, 0.2) is 11.5 Å². The van der Waals surface area contributed by atoms with Gasteiger partial charge in [0, 0.05) is 24.4 Å². The third-order valence-electron chi connectivity index (χ3n) is 4.37. The molecule has 0 saturated heterocycles. The number of nitro benzene ring substituents is 1. The smallest absolute Gasteiger partial charge is 0.269 e. The molecule has 0 radical (unpaired) electrons. The second-order valence-corrected chi connectivity index (χ2v) is 6.95. The van der Waals surface area contributed by atoms with Crippen LogP contribution in [0.15, 0.2) is 60.7 Å². The van der Waals surface area contributed by atoms with Crippen molar-refractivity contribution in [3.63, 3.8) is 0 Å². The lowest BCUT2D eigenvalue weighted by molar-refractivity contribution is -0.384. The number of anilines is 1. The van der Waals surface area contributed by atoms with E-state index in [1.807, 2.05) is 43.3 Å². The number of aryl methyl sites for hydroxylation is 1. The van der Waals surface area contributed by atoms with E-state index in [2.05, 4.69) is 5.32 Å². The Labute approximate surface area is 174 Å². The minimum Gasteiger partial charge on any atom is -0.493 e. The minimum atomic E-state index is -0.437. The maximum Gasteiger partial charge on any atom is 0.269 e. The molecule has 0 aliphatic rings. The largest absolute Gasteiger partial charge is 0.493 e. The van der Waals surface area contributed by atoms with Gasteiger partial charge in [0.2, 0.25) is 0 Å². The van der Waals surface area contributed by atoms with Crippen LogP contribution in [-0.4, -0.2) is 12.0 Å². The molecule has 0 aromatic heterocycles. The van der Waals surface area contributed by atoms with Crippen LogP contribution < -0.4 is 14.8 Å². The molecule has 0 spiro atoms. The van der Waals surface area contributed by atoms with Crippen molar-refractivity contribution < 1.29 is 14.4 Å². The van der Waals surface area contributed by atoms with Crippen LogP contribution in [0.2, 0.25) is 5.02 Å². The number of halogens is 1. The summed E-state index contributed by atoms with van der Waals surface area (Å²) in [6.07, 6.45) is 0. The van der Waals surface area contributed by atoms with Gasteiger partial charge in [-0.05, 0) is 54.4 Å². The number of ether oxygens (including phenoxy) is 2. The van der Waals surface area contributed by atoms with E-state index < -0.39 is 4.92 Å². The maximum absolute atomic E-state index is 10.7. The van der Waals surface area contributed by atoms with Crippen molar-refractivity contribution in [2.75, 3.05) is 12.4 Å². The van der Waals surface area contributed by atoms with Crippen LogP contribution in [-0.2, 0) is 13.2 Å². The first-order chi connectivity index (χ1) is 14.0. The molecule has 29 heavy (non-hydrogen) atoms. The van der Waals surface area contributed by atoms with E-state index in [1.54, 1.807) is 19.2 Å². The molecule has 0 fully saturated rings. The molecule has 3 aromatic carbocycles. The van der Waals surface area contributed by atoms with E-state index in [0.29, 0.717) is 23.1 Å². The fraction of sp³-hybridized carbons (Fsp3) is 0.182. The Morgan fingerprint density at radius 3 is 2.34 bits per heavy atom. The molecule has 0 amide bonds. The number of methoxy groups -OCH3 is 1. The zero-order valence-electron chi connectivity index (χ0n) is 16.1. The second kappa shape index (κ2) is 9.30. The number of hydrogen-bond donors (Lipinski definition) is 1. The monoisotopic (exact) mass is 412 g/mol. The van der Waals surface area contributed by atoms with Gasteiger partial charge in [-0.25, -0.2) is 0 Å². The SMILES string of the molecule is COc1cc(CNc2ccc(C)cc2)cc(Cl)c1OCc1ccc([N+](=O)[O-])cc1. The Hall–Kier alpha value is -3.25. The van der Waals surface area contributed by atoms with Crippen molar-refractivity contribution in [1.29, 1.82) is 0 Å². The highest BCUT2D eigenvalue weighted by molar-refractivity contribution is 6.32. The average molecular weight is 413 g/mol. The Morgan fingerprint density at radius 2 is 1.72 bits per heavy atom. The van der Waals surface area contributed by atoms with Crippen molar-refractivity contribution in [1.82, 2.24) is 0 Å². The van der Waals surface area contributed by atoms with Crippen LogP contribution >= 0.6 is 11.6 Å². The average Bonchev–Trinajstić information content (AvgIpc) is 2.72. The molecule has 0 atom stereocenters. The van der Waals surface area contributed by atoms with Crippen molar-refractivity contribution >= 4 is 23.0 Å². The summed E-state index contributed by atoms with van der Waals surface area (Å²) < 4.78 is 11.3. The maximum atomic E-state index is 10.7. The number of nitro groups is 1. The van der Waals surface area contributed by atoms with E-state index in [1.165, 1.54) is 17.7 Å². The highest BCUT2D eigenvalue weighted by Gasteiger charge is 2.13. The van der Waals surface area contributed by atoms with Gasteiger partial charge in [-0.3, -0.25) is 10.1 Å². The molecule has 150 valence electrons. The summed E-state index contributed by atoms with van der Waals surface area (Å²) in [7, 11) is 1.56. The van der Waals surface area contributed by atoms with Crippen LogP contribution in [0, 0.1) is 17.0 Å². The van der Waals surface area contributed by atoms with Crippen molar-refractivity contribution in [3.8, 4) is 11.5 Å². The van der Waals surface area contributed by atoms with Gasteiger partial charge in [-0.2, -0.15) is 0 Å². The Bertz CT molecular complexity index is 989. The molecule has 3 aromatic rings. The first-order valence-electron chi connectivity index (χ1n) is 8.99. The van der Waals surface area contributed by atoms with Gasteiger partial charge < -0.3 is 14.8 Å². The van der Waals surface area contributed by atoms with Crippen LogP contribution in [0.5, 0.6) is 11.5 Å². The van der Waals surface area contributed by atoms with Gasteiger partial charge in [0.25, 0.3) is 5.69 Å². The van der Waals surface area contributed by atoms with Gasteiger partial charge >= 0.3 is 0 Å². The summed E-state index contributed by atoms with van der Waals surface area (Å²) in [4.78, 5) is 10.3.